The standard InChI is InChI=1S/C13H21OP/c15-11-7-2-1-6-10-14-12-13-8-4-3-5-9-13/h3-5,8-9H,1-2,6-7,10-12,15H2/p+1. The summed E-state index contributed by atoms with van der Waals surface area (Å²) >= 11 is 0. The van der Waals surface area contributed by atoms with Crippen LogP contribution in [-0.4, -0.2) is 12.8 Å². The molecular formula is C13H22OP+. The van der Waals surface area contributed by atoms with E-state index in [2.05, 4.69) is 33.5 Å². The summed E-state index contributed by atoms with van der Waals surface area (Å²) in [6.07, 6.45) is 6.59. The highest BCUT2D eigenvalue weighted by Crippen LogP contribution is 2.04. The van der Waals surface area contributed by atoms with Crippen molar-refractivity contribution in [3.63, 3.8) is 0 Å². The van der Waals surface area contributed by atoms with Crippen molar-refractivity contribution in [3.05, 3.63) is 35.9 Å². The Hall–Kier alpha value is -0.390. The maximum absolute atomic E-state index is 5.60. The average molecular weight is 225 g/mol. The molecule has 1 atom stereocenters. The first kappa shape index (κ1) is 12.7. The predicted molar refractivity (Wildman–Crippen MR) is 70.5 cm³/mol. The Kier molecular flexibility index (Phi) is 7.51. The van der Waals surface area contributed by atoms with Gasteiger partial charge in [0.05, 0.1) is 12.8 Å². The van der Waals surface area contributed by atoms with Crippen molar-refractivity contribution in [3.8, 4) is 0 Å². The molecule has 0 amide bonds. The van der Waals surface area contributed by atoms with Gasteiger partial charge in [-0.2, -0.15) is 0 Å². The second-order valence-corrected chi connectivity index (χ2v) is 4.51. The number of hydrogen-bond donors (Lipinski definition) is 0. The summed E-state index contributed by atoms with van der Waals surface area (Å²) in [6.45, 7) is 1.66. The Bertz CT molecular complexity index is 236. The van der Waals surface area contributed by atoms with Gasteiger partial charge < -0.3 is 4.74 Å². The van der Waals surface area contributed by atoms with Crippen LogP contribution in [0, 0.1) is 0 Å². The van der Waals surface area contributed by atoms with Gasteiger partial charge in [-0.05, 0) is 34.1 Å². The fourth-order valence-corrected chi connectivity index (χ4v) is 1.85. The summed E-state index contributed by atoms with van der Waals surface area (Å²) in [7, 11) is 2.07. The SMILES string of the molecule is [PH3+]CCCCCCOCc1ccccc1. The van der Waals surface area contributed by atoms with E-state index >= 15 is 0 Å². The molecule has 1 aromatic carbocycles. The maximum atomic E-state index is 5.60. The monoisotopic (exact) mass is 225 g/mol. The van der Waals surface area contributed by atoms with Gasteiger partial charge >= 0.3 is 0 Å². The number of hydrogen-bond acceptors (Lipinski definition) is 1. The molecule has 0 spiro atoms. The molecule has 1 rings (SSSR count). The van der Waals surface area contributed by atoms with Crippen LogP contribution in [0.4, 0.5) is 0 Å². The number of benzene rings is 1. The van der Waals surface area contributed by atoms with Gasteiger partial charge in [0.2, 0.25) is 0 Å². The van der Waals surface area contributed by atoms with Gasteiger partial charge in [0.25, 0.3) is 0 Å². The lowest BCUT2D eigenvalue weighted by Gasteiger charge is -2.03. The van der Waals surface area contributed by atoms with Crippen molar-refractivity contribution in [2.24, 2.45) is 0 Å². The molecule has 2 heteroatoms. The van der Waals surface area contributed by atoms with Crippen LogP contribution in [0.3, 0.4) is 0 Å². The number of ether oxygens (including phenoxy) is 1. The molecule has 0 saturated carbocycles. The van der Waals surface area contributed by atoms with E-state index in [-0.39, 0.29) is 0 Å². The Morgan fingerprint density at radius 3 is 2.40 bits per heavy atom. The molecule has 0 aliphatic carbocycles. The van der Waals surface area contributed by atoms with Crippen molar-refractivity contribution in [1.82, 2.24) is 0 Å². The van der Waals surface area contributed by atoms with Crippen LogP contribution in [0.25, 0.3) is 0 Å². The van der Waals surface area contributed by atoms with Crippen molar-refractivity contribution in [1.29, 1.82) is 0 Å². The van der Waals surface area contributed by atoms with E-state index in [0.717, 1.165) is 13.2 Å². The van der Waals surface area contributed by atoms with Gasteiger partial charge in [-0.3, -0.25) is 0 Å². The molecule has 0 aliphatic rings. The topological polar surface area (TPSA) is 9.23 Å². The van der Waals surface area contributed by atoms with E-state index < -0.39 is 0 Å². The highest BCUT2D eigenvalue weighted by atomic mass is 31.0. The summed E-state index contributed by atoms with van der Waals surface area (Å²) in [6, 6.07) is 10.4. The first-order valence-electron chi connectivity index (χ1n) is 5.84. The van der Waals surface area contributed by atoms with Gasteiger partial charge in [-0.1, -0.05) is 36.8 Å². The highest BCUT2D eigenvalue weighted by molar-refractivity contribution is 7.16. The minimum Gasteiger partial charge on any atom is -0.377 e. The first-order chi connectivity index (χ1) is 7.43. The Labute approximate surface area is 95.4 Å². The minimum atomic E-state index is 0.760. The van der Waals surface area contributed by atoms with E-state index in [9.17, 15) is 0 Å². The second kappa shape index (κ2) is 8.88. The minimum absolute atomic E-state index is 0.760. The van der Waals surface area contributed by atoms with E-state index in [1.54, 1.807) is 0 Å². The van der Waals surface area contributed by atoms with Crippen LogP contribution in [0.2, 0.25) is 0 Å². The van der Waals surface area contributed by atoms with E-state index in [0.29, 0.717) is 0 Å². The zero-order chi connectivity index (χ0) is 10.8. The van der Waals surface area contributed by atoms with Gasteiger partial charge in [-0.15, -0.1) is 0 Å². The van der Waals surface area contributed by atoms with Gasteiger partial charge in [0.1, 0.15) is 0 Å². The third-order valence-electron chi connectivity index (χ3n) is 2.40. The lowest BCUT2D eigenvalue weighted by Crippen LogP contribution is -1.95. The molecule has 1 unspecified atom stereocenters. The molecule has 0 aliphatic heterocycles. The zero-order valence-corrected chi connectivity index (χ0v) is 10.9. The lowest BCUT2D eigenvalue weighted by atomic mass is 10.2. The maximum Gasteiger partial charge on any atom is 0.0716 e. The van der Waals surface area contributed by atoms with Gasteiger partial charge in [0, 0.05) is 6.61 Å². The largest absolute Gasteiger partial charge is 0.377 e. The second-order valence-electron chi connectivity index (χ2n) is 3.81. The van der Waals surface area contributed by atoms with Crippen LogP contribution >= 0.6 is 9.24 Å². The molecule has 15 heavy (non-hydrogen) atoms. The molecular weight excluding hydrogens is 203 g/mol. The molecule has 0 aromatic heterocycles. The molecule has 1 nitrogen and oxygen atoms in total. The van der Waals surface area contributed by atoms with Crippen LogP contribution < -0.4 is 0 Å². The number of unbranched alkanes of at least 4 members (excludes halogenated alkanes) is 3. The van der Waals surface area contributed by atoms with Gasteiger partial charge in [0.15, 0.2) is 0 Å². The highest BCUT2D eigenvalue weighted by Gasteiger charge is 1.92. The average Bonchev–Trinajstić information content (AvgIpc) is 2.29. The summed E-state index contributed by atoms with van der Waals surface area (Å²) < 4.78 is 5.60. The molecule has 0 N–H and O–H groups in total. The fourth-order valence-electron chi connectivity index (χ4n) is 1.50. The lowest BCUT2D eigenvalue weighted by molar-refractivity contribution is 0.117. The fraction of sp³-hybridized carbons (Fsp3) is 0.538. The molecule has 0 heterocycles. The molecule has 0 saturated heterocycles. The van der Waals surface area contributed by atoms with Crippen LogP contribution in [-0.2, 0) is 11.3 Å². The number of rotatable bonds is 8. The predicted octanol–water partition coefficient (Wildman–Crippen LogP) is 3.37. The Balaban J connectivity index is 1.93. The van der Waals surface area contributed by atoms with E-state index in [1.807, 2.05) is 6.07 Å². The summed E-state index contributed by atoms with van der Waals surface area (Å²) in [5.74, 6) is 0. The summed E-state index contributed by atoms with van der Waals surface area (Å²) in [5.41, 5.74) is 1.27. The third kappa shape index (κ3) is 6.65. The summed E-state index contributed by atoms with van der Waals surface area (Å²) in [5, 5.41) is 0. The van der Waals surface area contributed by atoms with Crippen molar-refractivity contribution in [2.45, 2.75) is 32.3 Å². The van der Waals surface area contributed by atoms with Crippen LogP contribution in [0.1, 0.15) is 31.2 Å². The van der Waals surface area contributed by atoms with Crippen LogP contribution in [0.5, 0.6) is 0 Å². The Morgan fingerprint density at radius 2 is 1.67 bits per heavy atom. The molecule has 0 bridgehead atoms. The smallest absolute Gasteiger partial charge is 0.0716 e. The van der Waals surface area contributed by atoms with E-state index in [1.165, 1.54) is 37.4 Å². The molecule has 0 radical (unpaired) electrons. The Morgan fingerprint density at radius 1 is 0.933 bits per heavy atom. The molecule has 84 valence electrons. The van der Waals surface area contributed by atoms with Crippen molar-refractivity contribution in [2.75, 3.05) is 12.8 Å². The summed E-state index contributed by atoms with van der Waals surface area (Å²) in [4.78, 5) is 0. The molecule has 1 aromatic rings. The third-order valence-corrected chi connectivity index (χ3v) is 2.90. The molecule has 0 fully saturated rings. The zero-order valence-electron chi connectivity index (χ0n) is 9.45. The normalized spacial score (nSPS) is 10.7. The van der Waals surface area contributed by atoms with Gasteiger partial charge in [-0.25, -0.2) is 0 Å². The van der Waals surface area contributed by atoms with Crippen molar-refractivity contribution < 1.29 is 4.74 Å². The first-order valence-corrected chi connectivity index (χ1v) is 6.84. The quantitative estimate of drug-likeness (QED) is 0.487. The van der Waals surface area contributed by atoms with Crippen LogP contribution in [0.15, 0.2) is 30.3 Å². The van der Waals surface area contributed by atoms with E-state index in [4.69, 9.17) is 4.74 Å². The van der Waals surface area contributed by atoms with Crippen molar-refractivity contribution >= 4 is 9.24 Å².